The van der Waals surface area contributed by atoms with Crippen LogP contribution in [0.5, 0.6) is 11.5 Å². The minimum absolute atomic E-state index is 0.210. The van der Waals surface area contributed by atoms with Crippen LogP contribution in [0.3, 0.4) is 0 Å². The Morgan fingerprint density at radius 1 is 1.26 bits per heavy atom. The van der Waals surface area contributed by atoms with Gasteiger partial charge in [0, 0.05) is 0 Å². The number of benzene rings is 1. The third-order valence-corrected chi connectivity index (χ3v) is 2.45. The molecule has 0 fully saturated rings. The Labute approximate surface area is 117 Å². The van der Waals surface area contributed by atoms with Gasteiger partial charge in [0.05, 0.1) is 13.2 Å². The Bertz CT molecular complexity index is 455. The quantitative estimate of drug-likeness (QED) is 0.363. The van der Waals surface area contributed by atoms with Crippen molar-refractivity contribution in [2.24, 2.45) is 11.6 Å². The van der Waals surface area contributed by atoms with Gasteiger partial charge in [0.2, 0.25) is 0 Å². The molecule has 6 nitrogen and oxygen atoms in total. The lowest BCUT2D eigenvalue weighted by Gasteiger charge is -2.19. The largest absolute Gasteiger partial charge is 0.493 e. The zero-order valence-electron chi connectivity index (χ0n) is 10.9. The summed E-state index contributed by atoms with van der Waals surface area (Å²) in [7, 11) is 0. The molecule has 0 aliphatic carbocycles. The number of carbonyl (C=O) groups excluding carboxylic acids is 1. The maximum Gasteiger partial charge on any atom is 0.281 e. The van der Waals surface area contributed by atoms with E-state index in [1.54, 1.807) is 18.2 Å². The van der Waals surface area contributed by atoms with Crippen LogP contribution in [-0.2, 0) is 0 Å². The SMILES string of the molecule is CCOc1cccc(OCC)c1C(=O)N(N)C(N)=S. The first kappa shape index (κ1) is 15.2. The second kappa shape index (κ2) is 6.91. The molecule has 0 unspecified atom stereocenters. The molecule has 19 heavy (non-hydrogen) atoms. The molecule has 1 aromatic rings. The van der Waals surface area contributed by atoms with E-state index in [1.807, 2.05) is 13.8 Å². The predicted octanol–water partition coefficient (Wildman–Crippen LogP) is 1.04. The standard InChI is InChI=1S/C12H17N3O3S/c1-3-17-8-6-5-7-9(18-4-2)10(8)11(16)15(14)12(13)19/h5-7H,3-4,14H2,1-2H3,(H2,13,19). The number of carbonyl (C=O) groups is 1. The monoisotopic (exact) mass is 283 g/mol. The minimum Gasteiger partial charge on any atom is -0.493 e. The van der Waals surface area contributed by atoms with E-state index in [0.717, 1.165) is 0 Å². The highest BCUT2D eigenvalue weighted by Crippen LogP contribution is 2.29. The lowest BCUT2D eigenvalue weighted by Crippen LogP contribution is -2.45. The summed E-state index contributed by atoms with van der Waals surface area (Å²) >= 11 is 4.69. The molecule has 0 radical (unpaired) electrons. The maximum atomic E-state index is 12.3. The topological polar surface area (TPSA) is 90.8 Å². The average Bonchev–Trinajstić information content (AvgIpc) is 2.38. The van der Waals surface area contributed by atoms with Gasteiger partial charge in [-0.3, -0.25) is 4.79 Å². The van der Waals surface area contributed by atoms with Gasteiger partial charge in [-0.1, -0.05) is 6.07 Å². The second-order valence-corrected chi connectivity index (χ2v) is 3.93. The van der Waals surface area contributed by atoms with Gasteiger partial charge in [0.15, 0.2) is 5.11 Å². The zero-order valence-corrected chi connectivity index (χ0v) is 11.7. The van der Waals surface area contributed by atoms with E-state index in [9.17, 15) is 4.79 Å². The lowest BCUT2D eigenvalue weighted by atomic mass is 10.1. The Balaban J connectivity index is 3.27. The molecule has 0 aliphatic rings. The van der Waals surface area contributed by atoms with E-state index in [0.29, 0.717) is 29.7 Å². The molecule has 0 aliphatic heterocycles. The van der Waals surface area contributed by atoms with E-state index in [-0.39, 0.29) is 10.7 Å². The zero-order chi connectivity index (χ0) is 14.4. The van der Waals surface area contributed by atoms with Crippen LogP contribution in [0.4, 0.5) is 0 Å². The predicted molar refractivity (Wildman–Crippen MR) is 75.9 cm³/mol. The van der Waals surface area contributed by atoms with Crippen molar-refractivity contribution in [2.45, 2.75) is 13.8 Å². The number of amides is 1. The normalized spacial score (nSPS) is 9.84. The molecule has 7 heteroatoms. The van der Waals surface area contributed by atoms with Crippen molar-refractivity contribution in [3.05, 3.63) is 23.8 Å². The van der Waals surface area contributed by atoms with Crippen LogP contribution in [0.25, 0.3) is 0 Å². The molecule has 0 saturated heterocycles. The van der Waals surface area contributed by atoms with Crippen LogP contribution in [0.2, 0.25) is 0 Å². The number of rotatable bonds is 5. The molecule has 0 aromatic heterocycles. The fraction of sp³-hybridized carbons (Fsp3) is 0.333. The summed E-state index contributed by atoms with van der Waals surface area (Å²) in [5.74, 6) is 5.72. The number of hydrazine groups is 1. The highest BCUT2D eigenvalue weighted by atomic mass is 32.1. The summed E-state index contributed by atoms with van der Waals surface area (Å²) < 4.78 is 10.8. The summed E-state index contributed by atoms with van der Waals surface area (Å²) in [6.45, 7) is 4.45. The number of ether oxygens (including phenoxy) is 2. The van der Waals surface area contributed by atoms with E-state index >= 15 is 0 Å². The van der Waals surface area contributed by atoms with E-state index in [2.05, 4.69) is 12.2 Å². The Hall–Kier alpha value is -1.86. The molecule has 0 bridgehead atoms. The molecule has 4 N–H and O–H groups in total. The molecule has 104 valence electrons. The molecule has 1 amide bonds. The van der Waals surface area contributed by atoms with Crippen LogP contribution in [0.15, 0.2) is 18.2 Å². The highest BCUT2D eigenvalue weighted by Gasteiger charge is 2.23. The molecule has 0 heterocycles. The smallest absolute Gasteiger partial charge is 0.281 e. The van der Waals surface area contributed by atoms with Crippen LogP contribution in [-0.4, -0.2) is 29.2 Å². The van der Waals surface area contributed by atoms with Crippen molar-refractivity contribution in [1.29, 1.82) is 0 Å². The fourth-order valence-corrected chi connectivity index (χ4v) is 1.58. The first-order chi connectivity index (χ1) is 9.02. The molecule has 0 saturated carbocycles. The minimum atomic E-state index is -0.569. The molecule has 0 spiro atoms. The fourth-order valence-electron chi connectivity index (χ4n) is 1.49. The Morgan fingerprint density at radius 3 is 2.11 bits per heavy atom. The van der Waals surface area contributed by atoms with Gasteiger partial charge in [-0.15, -0.1) is 0 Å². The van der Waals surface area contributed by atoms with Gasteiger partial charge < -0.3 is 15.2 Å². The molecular formula is C12H17N3O3S. The average molecular weight is 283 g/mol. The number of thiocarbonyl (C=S) groups is 1. The lowest BCUT2D eigenvalue weighted by molar-refractivity contribution is 0.0840. The first-order valence-corrected chi connectivity index (χ1v) is 6.20. The van der Waals surface area contributed by atoms with Crippen molar-refractivity contribution < 1.29 is 14.3 Å². The van der Waals surface area contributed by atoms with Crippen LogP contribution in [0.1, 0.15) is 24.2 Å². The van der Waals surface area contributed by atoms with Crippen molar-refractivity contribution in [2.75, 3.05) is 13.2 Å². The van der Waals surface area contributed by atoms with Gasteiger partial charge in [-0.05, 0) is 38.2 Å². The Kier molecular flexibility index (Phi) is 5.53. The number of nitrogens with zero attached hydrogens (tertiary/aromatic N) is 1. The van der Waals surface area contributed by atoms with E-state index in [4.69, 9.17) is 21.1 Å². The third kappa shape index (κ3) is 3.55. The summed E-state index contributed by atoms with van der Waals surface area (Å²) in [5, 5.41) is 0.467. The van der Waals surface area contributed by atoms with Gasteiger partial charge in [0.25, 0.3) is 5.91 Å². The van der Waals surface area contributed by atoms with Gasteiger partial charge in [-0.25, -0.2) is 10.9 Å². The van der Waals surface area contributed by atoms with Crippen LogP contribution >= 0.6 is 12.2 Å². The van der Waals surface area contributed by atoms with Crippen molar-refractivity contribution in [3.63, 3.8) is 0 Å². The van der Waals surface area contributed by atoms with Crippen molar-refractivity contribution >= 4 is 23.2 Å². The second-order valence-electron chi connectivity index (χ2n) is 3.51. The van der Waals surface area contributed by atoms with Crippen LogP contribution in [0, 0.1) is 0 Å². The van der Waals surface area contributed by atoms with Gasteiger partial charge in [0.1, 0.15) is 17.1 Å². The van der Waals surface area contributed by atoms with Crippen molar-refractivity contribution in [1.82, 2.24) is 5.01 Å². The molecule has 0 atom stereocenters. The third-order valence-electron chi connectivity index (χ3n) is 2.26. The molecular weight excluding hydrogens is 266 g/mol. The summed E-state index contributed by atoms with van der Waals surface area (Å²) in [4.78, 5) is 12.3. The number of hydrogen-bond donors (Lipinski definition) is 2. The summed E-state index contributed by atoms with van der Waals surface area (Å²) in [5.41, 5.74) is 5.56. The van der Waals surface area contributed by atoms with Gasteiger partial charge in [-0.2, -0.15) is 0 Å². The van der Waals surface area contributed by atoms with E-state index in [1.165, 1.54) is 0 Å². The molecule has 1 rings (SSSR count). The van der Waals surface area contributed by atoms with Crippen molar-refractivity contribution in [3.8, 4) is 11.5 Å². The van der Waals surface area contributed by atoms with Crippen LogP contribution < -0.4 is 21.1 Å². The summed E-state index contributed by atoms with van der Waals surface area (Å²) in [6.07, 6.45) is 0. The number of hydrogen-bond acceptors (Lipinski definition) is 5. The molecule has 1 aromatic carbocycles. The van der Waals surface area contributed by atoms with E-state index < -0.39 is 5.91 Å². The summed E-state index contributed by atoms with van der Waals surface area (Å²) in [6, 6.07) is 5.05. The maximum absolute atomic E-state index is 12.3. The first-order valence-electron chi connectivity index (χ1n) is 5.80. The number of nitrogens with two attached hydrogens (primary N) is 2. The van der Waals surface area contributed by atoms with Gasteiger partial charge >= 0.3 is 0 Å². The highest BCUT2D eigenvalue weighted by molar-refractivity contribution is 7.80. The Morgan fingerprint density at radius 2 is 1.74 bits per heavy atom.